The SMILES string of the molecule is CNC(=O)CC1(O)CCCN(Cc2nn(C)cc2Br)C1. The van der Waals surface area contributed by atoms with Gasteiger partial charge in [-0.15, -0.1) is 0 Å². The van der Waals surface area contributed by atoms with Crippen LogP contribution in [0.25, 0.3) is 0 Å². The molecule has 7 heteroatoms. The van der Waals surface area contributed by atoms with Gasteiger partial charge in [0.2, 0.25) is 5.91 Å². The Bertz CT molecular complexity index is 491. The first-order chi connectivity index (χ1) is 9.42. The first kappa shape index (κ1) is 15.5. The minimum atomic E-state index is -0.931. The van der Waals surface area contributed by atoms with Crippen molar-refractivity contribution in [2.45, 2.75) is 31.4 Å². The predicted octanol–water partition coefficient (Wildman–Crippen LogP) is 0.646. The van der Waals surface area contributed by atoms with Crippen LogP contribution in [-0.2, 0) is 18.4 Å². The highest BCUT2D eigenvalue weighted by Gasteiger charge is 2.35. The Balaban J connectivity index is 1.99. The summed E-state index contributed by atoms with van der Waals surface area (Å²) in [5.74, 6) is -0.117. The molecule has 1 aromatic rings. The second-order valence-corrected chi connectivity index (χ2v) is 6.34. The molecule has 0 saturated carbocycles. The number of nitrogens with one attached hydrogen (secondary N) is 1. The number of carbonyl (C=O) groups is 1. The number of piperidine rings is 1. The van der Waals surface area contributed by atoms with Crippen molar-refractivity contribution in [1.29, 1.82) is 0 Å². The minimum Gasteiger partial charge on any atom is -0.388 e. The smallest absolute Gasteiger partial charge is 0.222 e. The van der Waals surface area contributed by atoms with Crippen molar-refractivity contribution in [3.63, 3.8) is 0 Å². The summed E-state index contributed by atoms with van der Waals surface area (Å²) in [6.45, 7) is 2.10. The normalized spacial score (nSPS) is 23.8. The van der Waals surface area contributed by atoms with Gasteiger partial charge in [-0.2, -0.15) is 5.10 Å². The number of β-amino-alcohol motifs (C(OH)–C–C–N with tert-alkyl or cyclic N) is 1. The maximum atomic E-state index is 11.5. The number of nitrogens with zero attached hydrogens (tertiary/aromatic N) is 3. The highest BCUT2D eigenvalue weighted by atomic mass is 79.9. The minimum absolute atomic E-state index is 0.117. The third-order valence-corrected chi connectivity index (χ3v) is 4.29. The van der Waals surface area contributed by atoms with Crippen molar-refractivity contribution in [3.05, 3.63) is 16.4 Å². The molecule has 1 saturated heterocycles. The number of amides is 1. The lowest BCUT2D eigenvalue weighted by molar-refractivity contribution is -0.128. The molecule has 20 heavy (non-hydrogen) atoms. The number of likely N-dealkylation sites (tertiary alicyclic amines) is 1. The van der Waals surface area contributed by atoms with Crippen molar-refractivity contribution in [2.75, 3.05) is 20.1 Å². The first-order valence-corrected chi connectivity index (χ1v) is 7.54. The lowest BCUT2D eigenvalue weighted by Crippen LogP contribution is -2.49. The number of aromatic nitrogens is 2. The summed E-state index contributed by atoms with van der Waals surface area (Å²) in [4.78, 5) is 13.6. The Labute approximate surface area is 127 Å². The summed E-state index contributed by atoms with van der Waals surface area (Å²) < 4.78 is 2.74. The van der Waals surface area contributed by atoms with Crippen molar-refractivity contribution in [3.8, 4) is 0 Å². The van der Waals surface area contributed by atoms with Gasteiger partial charge < -0.3 is 10.4 Å². The molecule has 0 aliphatic carbocycles. The number of carbonyl (C=O) groups excluding carboxylic acids is 1. The molecule has 1 unspecified atom stereocenters. The molecule has 0 spiro atoms. The van der Waals surface area contributed by atoms with Gasteiger partial charge in [0.25, 0.3) is 0 Å². The number of hydrogen-bond acceptors (Lipinski definition) is 4. The molecule has 0 radical (unpaired) electrons. The van der Waals surface area contributed by atoms with Crippen LogP contribution >= 0.6 is 15.9 Å². The zero-order valence-electron chi connectivity index (χ0n) is 11.9. The van der Waals surface area contributed by atoms with E-state index in [0.717, 1.165) is 23.1 Å². The molecular weight excluding hydrogens is 324 g/mol. The molecule has 1 aliphatic heterocycles. The maximum absolute atomic E-state index is 11.5. The van der Waals surface area contributed by atoms with E-state index in [1.807, 2.05) is 13.2 Å². The second kappa shape index (κ2) is 6.24. The molecule has 1 aliphatic rings. The van der Waals surface area contributed by atoms with E-state index in [2.05, 4.69) is 31.2 Å². The average Bonchev–Trinajstić information content (AvgIpc) is 2.67. The number of hydrogen-bond donors (Lipinski definition) is 2. The van der Waals surface area contributed by atoms with Crippen molar-refractivity contribution >= 4 is 21.8 Å². The third-order valence-electron chi connectivity index (χ3n) is 3.63. The first-order valence-electron chi connectivity index (χ1n) is 6.75. The lowest BCUT2D eigenvalue weighted by Gasteiger charge is -2.38. The van der Waals surface area contributed by atoms with Gasteiger partial charge in [-0.05, 0) is 35.3 Å². The standard InChI is InChI=1S/C13H21BrN4O2/c1-15-12(19)6-13(20)4-3-5-18(9-13)8-11-10(14)7-17(2)16-11/h7,20H,3-6,8-9H2,1-2H3,(H,15,19). The monoisotopic (exact) mass is 344 g/mol. The van der Waals surface area contributed by atoms with E-state index in [4.69, 9.17) is 0 Å². The van der Waals surface area contributed by atoms with Crippen LogP contribution in [0.4, 0.5) is 0 Å². The van der Waals surface area contributed by atoms with Gasteiger partial charge in [0.1, 0.15) is 0 Å². The molecule has 0 aromatic carbocycles. The Morgan fingerprint density at radius 2 is 2.40 bits per heavy atom. The fraction of sp³-hybridized carbons (Fsp3) is 0.692. The van der Waals surface area contributed by atoms with E-state index < -0.39 is 5.60 Å². The molecule has 2 rings (SSSR count). The molecular formula is C13H21BrN4O2. The number of aliphatic hydroxyl groups is 1. The number of halogens is 1. The average molecular weight is 345 g/mol. The highest BCUT2D eigenvalue weighted by Crippen LogP contribution is 2.26. The van der Waals surface area contributed by atoms with E-state index in [0.29, 0.717) is 19.5 Å². The molecule has 112 valence electrons. The third kappa shape index (κ3) is 3.80. The molecule has 1 aromatic heterocycles. The largest absolute Gasteiger partial charge is 0.388 e. The van der Waals surface area contributed by atoms with Gasteiger partial charge in [-0.1, -0.05) is 0 Å². The van der Waals surface area contributed by atoms with Crippen LogP contribution in [0.3, 0.4) is 0 Å². The van der Waals surface area contributed by atoms with E-state index >= 15 is 0 Å². The van der Waals surface area contributed by atoms with Crippen LogP contribution in [0.2, 0.25) is 0 Å². The zero-order chi connectivity index (χ0) is 14.8. The van der Waals surface area contributed by atoms with Crippen molar-refractivity contribution in [2.24, 2.45) is 7.05 Å². The fourth-order valence-corrected chi connectivity index (χ4v) is 3.20. The number of rotatable bonds is 4. The summed E-state index contributed by atoms with van der Waals surface area (Å²) in [6, 6.07) is 0. The molecule has 6 nitrogen and oxygen atoms in total. The van der Waals surface area contributed by atoms with Crippen LogP contribution in [0.15, 0.2) is 10.7 Å². The Morgan fingerprint density at radius 3 is 3.00 bits per heavy atom. The lowest BCUT2D eigenvalue weighted by atomic mass is 9.89. The zero-order valence-corrected chi connectivity index (χ0v) is 13.5. The molecule has 2 heterocycles. The summed E-state index contributed by atoms with van der Waals surface area (Å²) in [7, 11) is 3.48. The topological polar surface area (TPSA) is 70.4 Å². The predicted molar refractivity (Wildman–Crippen MR) is 79.1 cm³/mol. The van der Waals surface area contributed by atoms with Gasteiger partial charge in [0, 0.05) is 33.4 Å². The summed E-state index contributed by atoms with van der Waals surface area (Å²) in [6.07, 6.45) is 3.62. The van der Waals surface area contributed by atoms with Gasteiger partial charge in [-0.25, -0.2) is 0 Å². The van der Waals surface area contributed by atoms with Crippen LogP contribution in [-0.4, -0.2) is 51.4 Å². The van der Waals surface area contributed by atoms with Crippen LogP contribution in [0.1, 0.15) is 25.0 Å². The Hall–Kier alpha value is -0.920. The molecule has 0 bridgehead atoms. The van der Waals surface area contributed by atoms with Gasteiger partial charge in [0.15, 0.2) is 0 Å². The van der Waals surface area contributed by atoms with E-state index in [1.165, 1.54) is 0 Å². The second-order valence-electron chi connectivity index (χ2n) is 5.49. The molecule has 1 fully saturated rings. The molecule has 1 amide bonds. The van der Waals surface area contributed by atoms with E-state index in [-0.39, 0.29) is 12.3 Å². The van der Waals surface area contributed by atoms with Gasteiger partial charge >= 0.3 is 0 Å². The summed E-state index contributed by atoms with van der Waals surface area (Å²) >= 11 is 3.49. The highest BCUT2D eigenvalue weighted by molar-refractivity contribution is 9.10. The molecule has 1 atom stereocenters. The van der Waals surface area contributed by atoms with Gasteiger partial charge in [0.05, 0.1) is 22.2 Å². The molecule has 2 N–H and O–H groups in total. The van der Waals surface area contributed by atoms with Crippen LogP contribution in [0.5, 0.6) is 0 Å². The van der Waals surface area contributed by atoms with Crippen molar-refractivity contribution < 1.29 is 9.90 Å². The maximum Gasteiger partial charge on any atom is 0.222 e. The van der Waals surface area contributed by atoms with Gasteiger partial charge in [-0.3, -0.25) is 14.4 Å². The van der Waals surface area contributed by atoms with E-state index in [9.17, 15) is 9.90 Å². The van der Waals surface area contributed by atoms with Crippen LogP contribution in [0, 0.1) is 0 Å². The fourth-order valence-electron chi connectivity index (χ4n) is 2.70. The quantitative estimate of drug-likeness (QED) is 0.841. The summed E-state index contributed by atoms with van der Waals surface area (Å²) in [5.41, 5.74) is 0.0243. The van der Waals surface area contributed by atoms with Crippen LogP contribution < -0.4 is 5.32 Å². The number of aryl methyl sites for hydroxylation is 1. The Kier molecular flexibility index (Phi) is 4.82. The van der Waals surface area contributed by atoms with E-state index in [1.54, 1.807) is 11.7 Å². The Morgan fingerprint density at radius 1 is 1.65 bits per heavy atom. The van der Waals surface area contributed by atoms with Crippen molar-refractivity contribution in [1.82, 2.24) is 20.0 Å². The summed E-state index contributed by atoms with van der Waals surface area (Å²) in [5, 5.41) is 17.5.